The molecule has 1 aromatic heterocycles. The van der Waals surface area contributed by atoms with Crippen molar-refractivity contribution in [2.24, 2.45) is 0 Å². The monoisotopic (exact) mass is 370 g/mol. The van der Waals surface area contributed by atoms with Gasteiger partial charge < -0.3 is 15.4 Å². The van der Waals surface area contributed by atoms with Crippen LogP contribution in [0.3, 0.4) is 0 Å². The average Bonchev–Trinajstić information content (AvgIpc) is 2.69. The summed E-state index contributed by atoms with van der Waals surface area (Å²) in [5.74, 6) is -0.130. The Morgan fingerprint density at radius 2 is 1.96 bits per heavy atom. The molecule has 7 nitrogen and oxygen atoms in total. The number of hydrogen-bond acceptors (Lipinski definition) is 5. The SMILES string of the molecule is O=C(NC1CCN(C2CCCCC2O)CC1)c1ccc2c(=O)[nH]cnc2c1. The summed E-state index contributed by atoms with van der Waals surface area (Å²) >= 11 is 0. The number of H-pyrrole nitrogens is 1. The van der Waals surface area contributed by atoms with Crippen LogP contribution in [0.2, 0.25) is 0 Å². The van der Waals surface area contributed by atoms with Crippen molar-refractivity contribution in [2.75, 3.05) is 13.1 Å². The number of rotatable bonds is 3. The summed E-state index contributed by atoms with van der Waals surface area (Å²) in [6, 6.07) is 5.39. The molecule has 2 aromatic rings. The van der Waals surface area contributed by atoms with Crippen LogP contribution in [-0.2, 0) is 0 Å². The van der Waals surface area contributed by atoms with Gasteiger partial charge in [-0.1, -0.05) is 12.8 Å². The zero-order valence-corrected chi connectivity index (χ0v) is 15.4. The number of carbonyl (C=O) groups is 1. The maximum atomic E-state index is 12.6. The molecule has 1 saturated carbocycles. The van der Waals surface area contributed by atoms with E-state index in [0.717, 1.165) is 45.2 Å². The summed E-state index contributed by atoms with van der Waals surface area (Å²) in [6.45, 7) is 1.81. The third kappa shape index (κ3) is 3.89. The molecule has 1 saturated heterocycles. The molecule has 1 aromatic carbocycles. The summed E-state index contributed by atoms with van der Waals surface area (Å²) in [5.41, 5.74) is 0.836. The molecule has 1 amide bonds. The molecule has 1 aliphatic carbocycles. The van der Waals surface area contributed by atoms with E-state index in [0.29, 0.717) is 16.5 Å². The summed E-state index contributed by atoms with van der Waals surface area (Å²) in [4.78, 5) is 33.4. The first-order valence-electron chi connectivity index (χ1n) is 9.82. The summed E-state index contributed by atoms with van der Waals surface area (Å²) in [6.07, 6.45) is 7.20. The summed E-state index contributed by atoms with van der Waals surface area (Å²) in [5, 5.41) is 13.8. The second-order valence-electron chi connectivity index (χ2n) is 7.67. The van der Waals surface area contributed by atoms with Crippen molar-refractivity contribution in [3.63, 3.8) is 0 Å². The number of hydrogen-bond donors (Lipinski definition) is 3. The lowest BCUT2D eigenvalue weighted by Gasteiger charge is -2.41. The zero-order chi connectivity index (χ0) is 18.8. The predicted octanol–water partition coefficient (Wildman–Crippen LogP) is 1.42. The van der Waals surface area contributed by atoms with E-state index in [1.54, 1.807) is 18.2 Å². The van der Waals surface area contributed by atoms with E-state index in [9.17, 15) is 14.7 Å². The van der Waals surface area contributed by atoms with E-state index in [1.165, 1.54) is 12.7 Å². The molecular weight excluding hydrogens is 344 g/mol. The highest BCUT2D eigenvalue weighted by Crippen LogP contribution is 2.26. The van der Waals surface area contributed by atoms with E-state index >= 15 is 0 Å². The molecule has 2 unspecified atom stereocenters. The van der Waals surface area contributed by atoms with Gasteiger partial charge in [0.05, 0.1) is 23.3 Å². The number of nitrogens with one attached hydrogen (secondary N) is 2. The van der Waals surface area contributed by atoms with Crippen LogP contribution < -0.4 is 10.9 Å². The van der Waals surface area contributed by atoms with Crippen LogP contribution in [0.5, 0.6) is 0 Å². The fraction of sp³-hybridized carbons (Fsp3) is 0.550. The van der Waals surface area contributed by atoms with Gasteiger partial charge in [-0.25, -0.2) is 4.98 Å². The van der Waals surface area contributed by atoms with Crippen LogP contribution in [-0.4, -0.2) is 57.2 Å². The number of likely N-dealkylation sites (tertiary alicyclic amines) is 1. The van der Waals surface area contributed by atoms with Gasteiger partial charge in [-0.05, 0) is 43.9 Å². The molecule has 144 valence electrons. The number of aromatic amines is 1. The van der Waals surface area contributed by atoms with Gasteiger partial charge in [0.1, 0.15) is 0 Å². The Kier molecular flexibility index (Phi) is 5.22. The van der Waals surface area contributed by atoms with Crippen LogP contribution in [0.4, 0.5) is 0 Å². The lowest BCUT2D eigenvalue weighted by molar-refractivity contribution is 0.00727. The first kappa shape index (κ1) is 18.1. The molecule has 27 heavy (non-hydrogen) atoms. The Labute approximate surface area is 157 Å². The minimum absolute atomic E-state index is 0.130. The Bertz CT molecular complexity index is 873. The molecule has 3 N–H and O–H groups in total. The number of amides is 1. The molecule has 2 atom stereocenters. The zero-order valence-electron chi connectivity index (χ0n) is 15.4. The number of benzene rings is 1. The van der Waals surface area contributed by atoms with E-state index in [2.05, 4.69) is 20.2 Å². The van der Waals surface area contributed by atoms with Gasteiger partial charge in [0.15, 0.2) is 0 Å². The average molecular weight is 370 g/mol. The number of aliphatic hydroxyl groups excluding tert-OH is 1. The first-order valence-corrected chi connectivity index (χ1v) is 9.82. The fourth-order valence-corrected chi connectivity index (χ4v) is 4.37. The first-order chi connectivity index (χ1) is 13.1. The normalized spacial score (nSPS) is 24.8. The van der Waals surface area contributed by atoms with Gasteiger partial charge >= 0.3 is 0 Å². The number of fused-ring (bicyclic) bond motifs is 1. The predicted molar refractivity (Wildman–Crippen MR) is 103 cm³/mol. The van der Waals surface area contributed by atoms with E-state index in [-0.39, 0.29) is 29.7 Å². The van der Waals surface area contributed by atoms with Gasteiger partial charge in [-0.15, -0.1) is 0 Å². The standard InChI is InChI=1S/C20H26N4O3/c25-18-4-2-1-3-17(18)24-9-7-14(8-10-24)23-19(26)13-5-6-15-16(11-13)21-12-22-20(15)27/h5-6,11-12,14,17-18,25H,1-4,7-10H2,(H,23,26)(H,21,22,27). The van der Waals surface area contributed by atoms with Crippen molar-refractivity contribution in [1.29, 1.82) is 0 Å². The molecule has 7 heteroatoms. The quantitative estimate of drug-likeness (QED) is 0.759. The summed E-state index contributed by atoms with van der Waals surface area (Å²) < 4.78 is 0. The number of carbonyl (C=O) groups excluding carboxylic acids is 1. The van der Waals surface area contributed by atoms with E-state index < -0.39 is 0 Å². The van der Waals surface area contributed by atoms with Crippen molar-refractivity contribution in [2.45, 2.75) is 56.7 Å². The lowest BCUT2D eigenvalue weighted by atomic mass is 9.89. The number of aliphatic hydroxyl groups is 1. The van der Waals surface area contributed by atoms with E-state index in [4.69, 9.17) is 0 Å². The fourth-order valence-electron chi connectivity index (χ4n) is 4.37. The molecule has 0 bridgehead atoms. The van der Waals surface area contributed by atoms with Crippen molar-refractivity contribution in [3.8, 4) is 0 Å². The third-order valence-corrected chi connectivity index (χ3v) is 5.93. The molecule has 0 radical (unpaired) electrons. The molecule has 2 heterocycles. The second kappa shape index (κ2) is 7.78. The third-order valence-electron chi connectivity index (χ3n) is 5.93. The highest BCUT2D eigenvalue weighted by Gasteiger charge is 2.31. The van der Waals surface area contributed by atoms with Crippen molar-refractivity contribution in [3.05, 3.63) is 40.4 Å². The van der Waals surface area contributed by atoms with Crippen molar-refractivity contribution < 1.29 is 9.90 Å². The van der Waals surface area contributed by atoms with Crippen LogP contribution >= 0.6 is 0 Å². The van der Waals surface area contributed by atoms with Gasteiger partial charge in [0.2, 0.25) is 0 Å². The number of piperidine rings is 1. The van der Waals surface area contributed by atoms with Crippen LogP contribution in [0, 0.1) is 0 Å². The minimum atomic E-state index is -0.210. The Hall–Kier alpha value is -2.25. The molecule has 0 spiro atoms. The maximum Gasteiger partial charge on any atom is 0.258 e. The van der Waals surface area contributed by atoms with Gasteiger partial charge in [0.25, 0.3) is 11.5 Å². The summed E-state index contributed by atoms with van der Waals surface area (Å²) in [7, 11) is 0. The Morgan fingerprint density at radius 1 is 1.19 bits per heavy atom. The van der Waals surface area contributed by atoms with E-state index in [1.807, 2.05) is 0 Å². The largest absolute Gasteiger partial charge is 0.391 e. The molecular formula is C20H26N4O3. The van der Waals surface area contributed by atoms with Crippen LogP contribution in [0.25, 0.3) is 10.9 Å². The highest BCUT2D eigenvalue weighted by molar-refractivity contribution is 5.97. The lowest BCUT2D eigenvalue weighted by Crippen LogP contribution is -2.52. The van der Waals surface area contributed by atoms with Crippen molar-refractivity contribution >= 4 is 16.8 Å². The van der Waals surface area contributed by atoms with Gasteiger partial charge in [-0.2, -0.15) is 0 Å². The smallest absolute Gasteiger partial charge is 0.258 e. The Morgan fingerprint density at radius 3 is 2.74 bits per heavy atom. The molecule has 2 aliphatic rings. The molecule has 2 fully saturated rings. The highest BCUT2D eigenvalue weighted by atomic mass is 16.3. The van der Waals surface area contributed by atoms with Crippen LogP contribution in [0.1, 0.15) is 48.9 Å². The van der Waals surface area contributed by atoms with Crippen LogP contribution in [0.15, 0.2) is 29.3 Å². The number of aromatic nitrogens is 2. The molecule has 4 rings (SSSR count). The number of nitrogens with zero attached hydrogens (tertiary/aromatic N) is 2. The van der Waals surface area contributed by atoms with Gasteiger partial charge in [-0.3, -0.25) is 14.5 Å². The van der Waals surface area contributed by atoms with Crippen molar-refractivity contribution in [1.82, 2.24) is 20.2 Å². The topological polar surface area (TPSA) is 98.3 Å². The van der Waals surface area contributed by atoms with Gasteiger partial charge in [0, 0.05) is 30.7 Å². The molecule has 1 aliphatic heterocycles. The Balaban J connectivity index is 1.36. The second-order valence-corrected chi connectivity index (χ2v) is 7.67. The minimum Gasteiger partial charge on any atom is -0.391 e. The maximum absolute atomic E-state index is 12.6.